The Balaban J connectivity index is 1.92. The number of rotatable bonds is 19. The molecule has 1 aliphatic rings. The second kappa shape index (κ2) is 18.2. The summed E-state index contributed by atoms with van der Waals surface area (Å²) in [6, 6.07) is 13.1. The van der Waals surface area contributed by atoms with Gasteiger partial charge in [-0.15, -0.1) is 6.58 Å². The third-order valence-corrected chi connectivity index (χ3v) is 7.75. The van der Waals surface area contributed by atoms with Crippen LogP contribution in [0.3, 0.4) is 0 Å². The lowest BCUT2D eigenvalue weighted by Gasteiger charge is -2.37. The van der Waals surface area contributed by atoms with Gasteiger partial charge in [-0.1, -0.05) is 30.3 Å². The molecule has 0 fully saturated rings. The van der Waals surface area contributed by atoms with Crippen LogP contribution in [0.2, 0.25) is 0 Å². The van der Waals surface area contributed by atoms with Crippen molar-refractivity contribution in [3.63, 3.8) is 0 Å². The number of nitro groups is 1. The van der Waals surface area contributed by atoms with Gasteiger partial charge in [0.25, 0.3) is 5.69 Å². The number of para-hydroxylation sites is 2. The van der Waals surface area contributed by atoms with Gasteiger partial charge in [-0.05, 0) is 52.3 Å². The van der Waals surface area contributed by atoms with Crippen molar-refractivity contribution in [3.05, 3.63) is 99.4 Å². The van der Waals surface area contributed by atoms with Crippen LogP contribution in [-0.2, 0) is 19.1 Å². The minimum atomic E-state index is -0.996. The van der Waals surface area contributed by atoms with E-state index in [4.69, 9.17) is 18.9 Å². The maximum Gasteiger partial charge on any atom is 0.336 e. The van der Waals surface area contributed by atoms with Crippen LogP contribution in [0.1, 0.15) is 46.1 Å². The van der Waals surface area contributed by atoms with E-state index in [1.165, 1.54) is 18.2 Å². The van der Waals surface area contributed by atoms with Crippen molar-refractivity contribution in [3.8, 4) is 11.5 Å². The van der Waals surface area contributed by atoms with E-state index in [0.29, 0.717) is 41.5 Å². The summed E-state index contributed by atoms with van der Waals surface area (Å²) in [6.45, 7) is 14.5. The molecule has 0 bridgehead atoms. The molecule has 1 aliphatic heterocycles. The zero-order valence-corrected chi connectivity index (χ0v) is 29.1. The first-order valence-electron chi connectivity index (χ1n) is 16.2. The zero-order chi connectivity index (χ0) is 36.1. The van der Waals surface area contributed by atoms with Crippen LogP contribution in [0, 0.1) is 10.1 Å². The summed E-state index contributed by atoms with van der Waals surface area (Å²) in [5.74, 6) is -1.20. The largest absolute Gasteiger partial charge is 0.493 e. The molecule has 2 aromatic rings. The number of nitro benzene ring substituents is 1. The number of esters is 2. The summed E-state index contributed by atoms with van der Waals surface area (Å²) in [5, 5.41) is 29.1. The fourth-order valence-electron chi connectivity index (χ4n) is 5.68. The van der Waals surface area contributed by atoms with Crippen LogP contribution in [0.5, 0.6) is 11.5 Å². The minimum absolute atomic E-state index is 0.0486. The molecular weight excluding hydrogens is 632 g/mol. The minimum Gasteiger partial charge on any atom is -0.493 e. The molecule has 1 heterocycles. The van der Waals surface area contributed by atoms with Gasteiger partial charge in [0.1, 0.15) is 12.7 Å². The molecule has 3 rings (SSSR count). The molecule has 2 aromatic carbocycles. The smallest absolute Gasteiger partial charge is 0.336 e. The number of hydrogen-bond donors (Lipinski definition) is 3. The Morgan fingerprint density at radius 2 is 1.76 bits per heavy atom. The molecule has 0 aliphatic carbocycles. The number of dihydropyridines is 1. The van der Waals surface area contributed by atoms with Gasteiger partial charge in [0.05, 0.1) is 42.3 Å². The number of aliphatic hydroxyl groups is 1. The number of nitrogens with zero attached hydrogens (tertiary/aromatic N) is 2. The molecule has 0 spiro atoms. The third-order valence-electron chi connectivity index (χ3n) is 7.75. The molecule has 13 nitrogen and oxygen atoms in total. The van der Waals surface area contributed by atoms with Crippen molar-refractivity contribution in [2.45, 2.75) is 52.2 Å². The summed E-state index contributed by atoms with van der Waals surface area (Å²) in [5.41, 5.74) is 0.901. The van der Waals surface area contributed by atoms with Crippen molar-refractivity contribution in [1.29, 1.82) is 0 Å². The average molecular weight is 681 g/mol. The molecule has 0 radical (unpaired) electrons. The molecule has 2 unspecified atom stereocenters. The fourth-order valence-corrected chi connectivity index (χ4v) is 5.68. The summed E-state index contributed by atoms with van der Waals surface area (Å²) >= 11 is 0. The summed E-state index contributed by atoms with van der Waals surface area (Å²) in [4.78, 5) is 40.3. The van der Waals surface area contributed by atoms with E-state index >= 15 is 0 Å². The summed E-state index contributed by atoms with van der Waals surface area (Å²) < 4.78 is 22.0. The van der Waals surface area contributed by atoms with Crippen LogP contribution >= 0.6 is 0 Å². The van der Waals surface area contributed by atoms with Crippen molar-refractivity contribution in [2.24, 2.45) is 0 Å². The highest BCUT2D eigenvalue weighted by Crippen LogP contribution is 2.40. The van der Waals surface area contributed by atoms with Gasteiger partial charge >= 0.3 is 11.9 Å². The summed E-state index contributed by atoms with van der Waals surface area (Å²) in [7, 11) is 1.55. The zero-order valence-electron chi connectivity index (χ0n) is 29.1. The Bertz CT molecular complexity index is 1550. The lowest BCUT2D eigenvalue weighted by atomic mass is 9.80. The third kappa shape index (κ3) is 10.6. The molecule has 13 heteroatoms. The molecule has 266 valence electrons. The van der Waals surface area contributed by atoms with Gasteiger partial charge in [0.15, 0.2) is 11.5 Å². The van der Waals surface area contributed by atoms with E-state index < -0.39 is 34.4 Å². The molecule has 2 atom stereocenters. The van der Waals surface area contributed by atoms with Crippen molar-refractivity contribution in [1.82, 2.24) is 15.5 Å². The Morgan fingerprint density at radius 3 is 2.37 bits per heavy atom. The maximum absolute atomic E-state index is 13.7. The van der Waals surface area contributed by atoms with Crippen LogP contribution in [-0.4, -0.2) is 91.6 Å². The second-order valence-electron chi connectivity index (χ2n) is 12.1. The van der Waals surface area contributed by atoms with E-state index in [-0.39, 0.29) is 49.7 Å². The highest BCUT2D eigenvalue weighted by Gasteiger charge is 2.40. The summed E-state index contributed by atoms with van der Waals surface area (Å²) in [6.07, 6.45) is 0.921. The molecule has 49 heavy (non-hydrogen) atoms. The standard InChI is InChI=1S/C36H48N4O9/c1-8-18-39(23-36(5,6)37-20-27(41)22-49-30-17-12-11-16-29(30)46-7)21-28-33(35(43)48-10-3)32(25-14-13-15-26(19-25)40(44)45)31(24(4)38-28)34(42)47-9-2/h8,11-17,19,27,32,37-38,41H,1,9-10,18,20-23H2,2-7H3. The quantitative estimate of drug-likeness (QED) is 0.0839. The first-order valence-corrected chi connectivity index (χ1v) is 16.2. The highest BCUT2D eigenvalue weighted by atomic mass is 16.6. The highest BCUT2D eigenvalue weighted by molar-refractivity contribution is 6.00. The SMILES string of the molecule is C=CCN(CC1=C(C(=O)OCC)C(c2cccc([N+](=O)[O-])c2)C(C(=O)OCC)=C(C)N1)CC(C)(C)NCC(O)COc1ccccc1OC. The van der Waals surface area contributed by atoms with E-state index in [1.807, 2.05) is 30.9 Å². The maximum atomic E-state index is 13.7. The van der Waals surface area contributed by atoms with Gasteiger partial charge < -0.3 is 34.7 Å². The molecule has 0 saturated carbocycles. The van der Waals surface area contributed by atoms with Gasteiger partial charge in [-0.2, -0.15) is 0 Å². The van der Waals surface area contributed by atoms with Gasteiger partial charge in [0, 0.05) is 55.2 Å². The van der Waals surface area contributed by atoms with Crippen LogP contribution in [0.25, 0.3) is 0 Å². The number of aliphatic hydroxyl groups excluding tert-OH is 1. The van der Waals surface area contributed by atoms with E-state index in [2.05, 4.69) is 17.2 Å². The number of methoxy groups -OCH3 is 1. The van der Waals surface area contributed by atoms with Gasteiger partial charge in [0.2, 0.25) is 0 Å². The molecule has 3 N–H and O–H groups in total. The number of hydrogen-bond acceptors (Lipinski definition) is 12. The van der Waals surface area contributed by atoms with E-state index in [9.17, 15) is 24.8 Å². The number of nitrogens with one attached hydrogen (secondary N) is 2. The van der Waals surface area contributed by atoms with Crippen LogP contribution in [0.4, 0.5) is 5.69 Å². The molecular formula is C36H48N4O9. The van der Waals surface area contributed by atoms with Crippen LogP contribution < -0.4 is 20.1 Å². The Kier molecular flexibility index (Phi) is 14.3. The fraction of sp³-hybridized carbons (Fsp3) is 0.444. The normalized spacial score (nSPS) is 15.4. The van der Waals surface area contributed by atoms with Gasteiger partial charge in [-0.25, -0.2) is 9.59 Å². The first-order chi connectivity index (χ1) is 23.3. The molecule has 0 aromatic heterocycles. The Morgan fingerprint density at radius 1 is 1.10 bits per heavy atom. The lowest BCUT2D eigenvalue weighted by molar-refractivity contribution is -0.384. The molecule has 0 saturated heterocycles. The predicted molar refractivity (Wildman–Crippen MR) is 185 cm³/mol. The average Bonchev–Trinajstić information content (AvgIpc) is 3.06. The van der Waals surface area contributed by atoms with Gasteiger partial charge in [-0.3, -0.25) is 15.0 Å². The first kappa shape index (κ1) is 38.7. The van der Waals surface area contributed by atoms with Crippen LogP contribution in [0.15, 0.2) is 83.7 Å². The second-order valence-corrected chi connectivity index (χ2v) is 12.1. The number of carbonyl (C=O) groups excluding carboxylic acids is 2. The molecule has 0 amide bonds. The number of allylic oxidation sites excluding steroid dienone is 1. The Labute approximate surface area is 287 Å². The number of non-ortho nitro benzene ring substituents is 1. The van der Waals surface area contributed by atoms with Crippen molar-refractivity contribution in [2.75, 3.05) is 53.1 Å². The van der Waals surface area contributed by atoms with E-state index in [0.717, 1.165) is 0 Å². The number of benzene rings is 2. The Hall–Kier alpha value is -4.72. The van der Waals surface area contributed by atoms with Crippen molar-refractivity contribution >= 4 is 17.6 Å². The number of carbonyl (C=O) groups is 2. The van der Waals surface area contributed by atoms with Crippen molar-refractivity contribution < 1.29 is 38.6 Å². The topological polar surface area (TPSA) is 162 Å². The predicted octanol–water partition coefficient (Wildman–Crippen LogP) is 4.24. The lowest BCUT2D eigenvalue weighted by Crippen LogP contribution is -2.52. The number of ether oxygens (including phenoxy) is 4. The number of β-amino-alcohol motifs (C(OH)–C–C–N with tert-alkyl or cyclic N) is 1. The monoisotopic (exact) mass is 680 g/mol. The van der Waals surface area contributed by atoms with E-state index in [1.54, 1.807) is 52.2 Å².